The van der Waals surface area contributed by atoms with Crippen LogP contribution in [0.25, 0.3) is 10.9 Å². The van der Waals surface area contributed by atoms with Crippen molar-refractivity contribution in [2.24, 2.45) is 0 Å². The Labute approximate surface area is 117 Å². The molecule has 1 aromatic heterocycles. The third-order valence-electron chi connectivity index (χ3n) is 3.70. The summed E-state index contributed by atoms with van der Waals surface area (Å²) in [4.78, 5) is 25.3. The highest BCUT2D eigenvalue weighted by Gasteiger charge is 2.21. The smallest absolute Gasteiger partial charge is 0.243 e. The number of aromatic nitrogens is 1. The molecule has 2 heterocycles. The van der Waals surface area contributed by atoms with E-state index in [9.17, 15) is 9.59 Å². The van der Waals surface area contributed by atoms with E-state index in [-0.39, 0.29) is 24.9 Å². The molecule has 5 heteroatoms. The zero-order chi connectivity index (χ0) is 14.1. The summed E-state index contributed by atoms with van der Waals surface area (Å²) in [6.07, 6.45) is 0. The molecule has 5 nitrogen and oxygen atoms in total. The number of hydrogen-bond donors (Lipinski definition) is 1. The molecule has 2 aromatic rings. The van der Waals surface area contributed by atoms with Crippen molar-refractivity contribution < 1.29 is 9.59 Å². The minimum atomic E-state index is -0.0845. The average molecular weight is 271 g/mol. The summed E-state index contributed by atoms with van der Waals surface area (Å²) < 4.78 is 2.00. The Kier molecular flexibility index (Phi) is 3.18. The number of aryl methyl sites for hydroxylation is 1. The Bertz CT molecular complexity index is 675. The van der Waals surface area contributed by atoms with E-state index in [2.05, 4.69) is 11.4 Å². The number of benzene rings is 1. The first-order valence-corrected chi connectivity index (χ1v) is 6.74. The lowest BCUT2D eigenvalue weighted by atomic mass is 10.2. The van der Waals surface area contributed by atoms with Crippen molar-refractivity contribution in [1.82, 2.24) is 14.8 Å². The summed E-state index contributed by atoms with van der Waals surface area (Å²) in [7, 11) is 0. The van der Waals surface area contributed by atoms with Gasteiger partial charge in [0.2, 0.25) is 11.8 Å². The van der Waals surface area contributed by atoms with Gasteiger partial charge in [0, 0.05) is 24.3 Å². The van der Waals surface area contributed by atoms with Gasteiger partial charge in [-0.2, -0.15) is 0 Å². The second-order valence-electron chi connectivity index (χ2n) is 5.10. The van der Waals surface area contributed by atoms with Crippen LogP contribution in [0.5, 0.6) is 0 Å². The van der Waals surface area contributed by atoms with E-state index in [1.165, 1.54) is 0 Å². The van der Waals surface area contributed by atoms with E-state index in [4.69, 9.17) is 0 Å². The summed E-state index contributed by atoms with van der Waals surface area (Å²) in [6.45, 7) is 3.57. The van der Waals surface area contributed by atoms with Gasteiger partial charge in [-0.15, -0.1) is 0 Å². The van der Waals surface area contributed by atoms with Gasteiger partial charge in [-0.05, 0) is 24.4 Å². The Morgan fingerprint density at radius 1 is 1.35 bits per heavy atom. The highest BCUT2D eigenvalue weighted by molar-refractivity contribution is 5.87. The third-order valence-corrected chi connectivity index (χ3v) is 3.70. The molecule has 104 valence electrons. The predicted octanol–water partition coefficient (Wildman–Crippen LogP) is 0.908. The molecule has 20 heavy (non-hydrogen) atoms. The molecule has 1 fully saturated rings. The van der Waals surface area contributed by atoms with Crippen molar-refractivity contribution >= 4 is 22.7 Å². The van der Waals surface area contributed by atoms with Crippen LogP contribution in [0.3, 0.4) is 0 Å². The largest absolute Gasteiger partial charge is 0.353 e. The molecule has 0 aliphatic carbocycles. The van der Waals surface area contributed by atoms with Crippen molar-refractivity contribution in [2.75, 3.05) is 19.6 Å². The van der Waals surface area contributed by atoms with Crippen LogP contribution in [0.2, 0.25) is 0 Å². The van der Waals surface area contributed by atoms with Crippen LogP contribution in [0, 0.1) is 6.92 Å². The lowest BCUT2D eigenvalue weighted by Gasteiger charge is -2.27. The topological polar surface area (TPSA) is 54.3 Å². The molecular formula is C15H17N3O2. The maximum absolute atomic E-state index is 12.3. The molecule has 0 bridgehead atoms. The molecule has 0 spiro atoms. The van der Waals surface area contributed by atoms with Gasteiger partial charge in [-0.3, -0.25) is 9.59 Å². The number of hydrogen-bond acceptors (Lipinski definition) is 2. The van der Waals surface area contributed by atoms with Crippen LogP contribution in [0.1, 0.15) is 5.69 Å². The van der Waals surface area contributed by atoms with Crippen LogP contribution in [-0.4, -0.2) is 40.9 Å². The summed E-state index contributed by atoms with van der Waals surface area (Å²) in [5, 5.41) is 3.86. The molecule has 0 unspecified atom stereocenters. The second-order valence-corrected chi connectivity index (χ2v) is 5.10. The minimum Gasteiger partial charge on any atom is -0.353 e. The van der Waals surface area contributed by atoms with E-state index in [1.807, 2.05) is 35.8 Å². The first-order chi connectivity index (χ1) is 9.65. The molecule has 1 aliphatic rings. The lowest BCUT2D eigenvalue weighted by Crippen LogP contribution is -2.50. The molecule has 0 atom stereocenters. The van der Waals surface area contributed by atoms with Crippen molar-refractivity contribution in [3.05, 3.63) is 36.0 Å². The number of rotatable bonds is 2. The van der Waals surface area contributed by atoms with Gasteiger partial charge in [-0.25, -0.2) is 0 Å². The first kappa shape index (κ1) is 12.7. The van der Waals surface area contributed by atoms with E-state index in [0.717, 1.165) is 16.6 Å². The van der Waals surface area contributed by atoms with Crippen LogP contribution < -0.4 is 5.32 Å². The van der Waals surface area contributed by atoms with E-state index in [0.29, 0.717) is 13.1 Å². The predicted molar refractivity (Wildman–Crippen MR) is 76.3 cm³/mol. The third kappa shape index (κ3) is 2.27. The number of nitrogens with zero attached hydrogens (tertiary/aromatic N) is 2. The van der Waals surface area contributed by atoms with E-state index < -0.39 is 0 Å². The molecule has 0 saturated carbocycles. The summed E-state index contributed by atoms with van der Waals surface area (Å²) in [5.74, 6) is -0.0945. The monoisotopic (exact) mass is 271 g/mol. The maximum Gasteiger partial charge on any atom is 0.243 e. The number of fused-ring (bicyclic) bond motifs is 1. The van der Waals surface area contributed by atoms with Gasteiger partial charge < -0.3 is 14.8 Å². The van der Waals surface area contributed by atoms with Crippen LogP contribution in [0.15, 0.2) is 30.3 Å². The quantitative estimate of drug-likeness (QED) is 0.882. The van der Waals surface area contributed by atoms with Crippen molar-refractivity contribution in [2.45, 2.75) is 13.5 Å². The van der Waals surface area contributed by atoms with E-state index >= 15 is 0 Å². The number of amides is 2. The minimum absolute atomic E-state index is 0.00990. The fourth-order valence-corrected chi connectivity index (χ4v) is 2.64. The summed E-state index contributed by atoms with van der Waals surface area (Å²) in [6, 6.07) is 10.1. The fourth-order valence-electron chi connectivity index (χ4n) is 2.64. The first-order valence-electron chi connectivity index (χ1n) is 6.74. The summed E-state index contributed by atoms with van der Waals surface area (Å²) >= 11 is 0. The van der Waals surface area contributed by atoms with Crippen molar-refractivity contribution in [3.63, 3.8) is 0 Å². The number of carbonyl (C=O) groups excluding carboxylic acids is 2. The Hall–Kier alpha value is -2.30. The van der Waals surface area contributed by atoms with Gasteiger partial charge in [0.25, 0.3) is 0 Å². The van der Waals surface area contributed by atoms with Crippen LogP contribution >= 0.6 is 0 Å². The molecule has 2 amide bonds. The standard InChI is InChI=1S/C15H17N3O2/c1-11-8-12-4-2-3-5-13(12)18(11)10-15(20)17-7-6-16-14(19)9-17/h2-5,8H,6-7,9-10H2,1H3,(H,16,19). The SMILES string of the molecule is Cc1cc2ccccc2n1CC(=O)N1CCNC(=O)C1. The van der Waals surface area contributed by atoms with Crippen molar-refractivity contribution in [1.29, 1.82) is 0 Å². The molecule has 3 rings (SSSR count). The second kappa shape index (κ2) is 5.00. The normalized spacial score (nSPS) is 15.4. The molecule has 1 aliphatic heterocycles. The molecule has 1 saturated heterocycles. The van der Waals surface area contributed by atoms with E-state index in [1.54, 1.807) is 4.90 Å². The lowest BCUT2D eigenvalue weighted by molar-refractivity contribution is -0.138. The fraction of sp³-hybridized carbons (Fsp3) is 0.333. The van der Waals surface area contributed by atoms with Crippen molar-refractivity contribution in [3.8, 4) is 0 Å². The van der Waals surface area contributed by atoms with Gasteiger partial charge in [-0.1, -0.05) is 18.2 Å². The Morgan fingerprint density at radius 2 is 2.15 bits per heavy atom. The Morgan fingerprint density at radius 3 is 2.95 bits per heavy atom. The Balaban J connectivity index is 1.84. The average Bonchev–Trinajstić information content (AvgIpc) is 2.75. The van der Waals surface area contributed by atoms with Crippen LogP contribution in [0.4, 0.5) is 0 Å². The highest BCUT2D eigenvalue weighted by Crippen LogP contribution is 2.19. The number of para-hydroxylation sites is 1. The molecule has 0 radical (unpaired) electrons. The van der Waals surface area contributed by atoms with Crippen LogP contribution in [-0.2, 0) is 16.1 Å². The highest BCUT2D eigenvalue weighted by atomic mass is 16.2. The van der Waals surface area contributed by atoms with Gasteiger partial charge in [0.1, 0.15) is 6.54 Å². The summed E-state index contributed by atoms with van der Waals surface area (Å²) in [5.41, 5.74) is 2.11. The molecule has 1 N–H and O–H groups in total. The zero-order valence-corrected chi connectivity index (χ0v) is 11.4. The molecule has 1 aromatic carbocycles. The number of carbonyl (C=O) groups is 2. The van der Waals surface area contributed by atoms with Gasteiger partial charge in [0.15, 0.2) is 0 Å². The zero-order valence-electron chi connectivity index (χ0n) is 11.4. The van der Waals surface area contributed by atoms with Gasteiger partial charge in [0.05, 0.1) is 6.54 Å². The number of piperazine rings is 1. The number of nitrogens with one attached hydrogen (secondary N) is 1. The van der Waals surface area contributed by atoms with Gasteiger partial charge >= 0.3 is 0 Å². The molecular weight excluding hydrogens is 254 g/mol. The maximum atomic E-state index is 12.3.